The molecule has 0 unspecified atom stereocenters. The molecular formula is C19H21NO5. The second-order valence-electron chi connectivity index (χ2n) is 5.53. The maximum absolute atomic E-state index is 12.1. The fraction of sp³-hybridized carbons (Fsp3) is 0.263. The molecule has 132 valence electrons. The number of para-hydroxylation sites is 1. The van der Waals surface area contributed by atoms with Crippen molar-refractivity contribution < 1.29 is 24.2 Å². The van der Waals surface area contributed by atoms with Crippen LogP contribution in [-0.4, -0.2) is 30.7 Å². The largest absolute Gasteiger partial charge is 0.496 e. The Morgan fingerprint density at radius 3 is 2.44 bits per heavy atom. The van der Waals surface area contributed by atoms with Gasteiger partial charge < -0.3 is 19.9 Å². The van der Waals surface area contributed by atoms with Gasteiger partial charge in [-0.3, -0.25) is 9.59 Å². The number of rotatable bonds is 8. The van der Waals surface area contributed by atoms with E-state index in [9.17, 15) is 9.59 Å². The van der Waals surface area contributed by atoms with Crippen LogP contribution in [-0.2, 0) is 16.0 Å². The van der Waals surface area contributed by atoms with Crippen LogP contribution in [0.2, 0.25) is 0 Å². The summed E-state index contributed by atoms with van der Waals surface area (Å²) in [6.07, 6.45) is -0.0445. The van der Waals surface area contributed by atoms with E-state index in [1.165, 1.54) is 0 Å². The maximum Gasteiger partial charge on any atom is 0.307 e. The lowest BCUT2D eigenvalue weighted by atomic mass is 10.1. The van der Waals surface area contributed by atoms with Crippen molar-refractivity contribution in [2.75, 3.05) is 13.7 Å². The Bertz CT molecular complexity index is 727. The third kappa shape index (κ3) is 5.53. The lowest BCUT2D eigenvalue weighted by Gasteiger charge is -2.17. The second-order valence-corrected chi connectivity index (χ2v) is 5.53. The summed E-state index contributed by atoms with van der Waals surface area (Å²) < 4.78 is 10.7. The van der Waals surface area contributed by atoms with E-state index in [1.807, 2.05) is 31.2 Å². The molecule has 1 atom stereocenters. The summed E-state index contributed by atoms with van der Waals surface area (Å²) in [7, 11) is 1.59. The van der Waals surface area contributed by atoms with Crippen LogP contribution in [0.3, 0.4) is 0 Å². The van der Waals surface area contributed by atoms with E-state index in [-0.39, 0.29) is 25.0 Å². The van der Waals surface area contributed by atoms with Crippen LogP contribution in [0.5, 0.6) is 11.5 Å². The van der Waals surface area contributed by atoms with Crippen LogP contribution >= 0.6 is 0 Å². The fourth-order valence-corrected chi connectivity index (χ4v) is 2.41. The van der Waals surface area contributed by atoms with Crippen LogP contribution < -0.4 is 14.8 Å². The molecule has 2 rings (SSSR count). The molecule has 0 aliphatic rings. The first kappa shape index (κ1) is 18.3. The number of carbonyl (C=O) groups is 2. The number of hydrogen-bond acceptors (Lipinski definition) is 4. The molecule has 25 heavy (non-hydrogen) atoms. The van der Waals surface area contributed by atoms with Gasteiger partial charge in [0.1, 0.15) is 11.5 Å². The van der Waals surface area contributed by atoms with Gasteiger partial charge in [0.25, 0.3) is 5.91 Å². The second kappa shape index (κ2) is 8.73. The number of hydrogen-bond donors (Lipinski definition) is 2. The molecule has 0 spiro atoms. The van der Waals surface area contributed by atoms with Crippen LogP contribution in [0.1, 0.15) is 24.1 Å². The molecular weight excluding hydrogens is 322 g/mol. The normalized spacial score (nSPS) is 11.4. The van der Waals surface area contributed by atoms with Crippen molar-refractivity contribution in [1.29, 1.82) is 0 Å². The highest BCUT2D eigenvalue weighted by atomic mass is 16.5. The Labute approximate surface area is 146 Å². The Morgan fingerprint density at radius 2 is 1.80 bits per heavy atom. The Balaban J connectivity index is 1.87. The van der Waals surface area contributed by atoms with Gasteiger partial charge in [-0.15, -0.1) is 0 Å². The van der Waals surface area contributed by atoms with E-state index in [2.05, 4.69) is 5.32 Å². The van der Waals surface area contributed by atoms with E-state index in [0.29, 0.717) is 17.1 Å². The monoisotopic (exact) mass is 343 g/mol. The molecule has 0 aliphatic carbocycles. The standard InChI is InChI=1S/C19H21NO5/c1-13(16-5-3-4-6-17(16)24-2)20-18(21)12-25-15-9-7-14(8-10-15)11-19(22)23/h3-10,13H,11-12H2,1-2H3,(H,20,21)(H,22,23)/t13-/m0/s1. The lowest BCUT2D eigenvalue weighted by Crippen LogP contribution is -2.31. The average molecular weight is 343 g/mol. The molecule has 1 amide bonds. The lowest BCUT2D eigenvalue weighted by molar-refractivity contribution is -0.136. The smallest absolute Gasteiger partial charge is 0.307 e. The highest BCUT2D eigenvalue weighted by Crippen LogP contribution is 2.24. The summed E-state index contributed by atoms with van der Waals surface area (Å²) in [6.45, 7) is 1.74. The third-order valence-corrected chi connectivity index (χ3v) is 3.63. The van der Waals surface area contributed by atoms with Crippen LogP contribution in [0.4, 0.5) is 0 Å². The number of amides is 1. The molecule has 0 bridgehead atoms. The van der Waals surface area contributed by atoms with E-state index in [0.717, 1.165) is 5.56 Å². The molecule has 0 aliphatic heterocycles. The van der Waals surface area contributed by atoms with Gasteiger partial charge in [-0.2, -0.15) is 0 Å². The molecule has 0 heterocycles. The molecule has 2 aromatic rings. The van der Waals surface area contributed by atoms with Crippen molar-refractivity contribution in [2.24, 2.45) is 0 Å². The Morgan fingerprint density at radius 1 is 1.12 bits per heavy atom. The van der Waals surface area contributed by atoms with Crippen LogP contribution in [0.25, 0.3) is 0 Å². The predicted molar refractivity (Wildman–Crippen MR) is 92.8 cm³/mol. The van der Waals surface area contributed by atoms with Crippen molar-refractivity contribution in [1.82, 2.24) is 5.32 Å². The minimum Gasteiger partial charge on any atom is -0.496 e. The number of carboxylic acid groups (broad SMARTS) is 1. The number of aliphatic carboxylic acids is 1. The number of benzene rings is 2. The van der Waals surface area contributed by atoms with E-state index >= 15 is 0 Å². The van der Waals surface area contributed by atoms with Gasteiger partial charge in [0.15, 0.2) is 6.61 Å². The van der Waals surface area contributed by atoms with Crippen molar-refractivity contribution in [2.45, 2.75) is 19.4 Å². The molecule has 0 aromatic heterocycles. The molecule has 6 nitrogen and oxygen atoms in total. The summed E-state index contributed by atoms with van der Waals surface area (Å²) in [6, 6.07) is 13.9. The third-order valence-electron chi connectivity index (χ3n) is 3.63. The minimum atomic E-state index is -0.890. The predicted octanol–water partition coefficient (Wildman–Crippen LogP) is 2.58. The highest BCUT2D eigenvalue weighted by molar-refractivity contribution is 5.78. The van der Waals surface area contributed by atoms with Gasteiger partial charge in [-0.05, 0) is 30.7 Å². The summed E-state index contributed by atoms with van der Waals surface area (Å²) in [5, 5.41) is 11.6. The minimum absolute atomic E-state index is 0.0445. The van der Waals surface area contributed by atoms with E-state index in [1.54, 1.807) is 31.4 Å². The zero-order chi connectivity index (χ0) is 18.2. The topological polar surface area (TPSA) is 84.9 Å². The van der Waals surface area contributed by atoms with Crippen molar-refractivity contribution in [3.8, 4) is 11.5 Å². The first-order valence-corrected chi connectivity index (χ1v) is 7.85. The van der Waals surface area contributed by atoms with Gasteiger partial charge in [0.2, 0.25) is 0 Å². The summed E-state index contributed by atoms with van der Waals surface area (Å²) in [5.74, 6) is 0.0749. The average Bonchev–Trinajstić information content (AvgIpc) is 2.60. The number of ether oxygens (including phenoxy) is 2. The first-order chi connectivity index (χ1) is 12.0. The number of carbonyl (C=O) groups excluding carboxylic acids is 1. The van der Waals surface area contributed by atoms with Crippen molar-refractivity contribution in [3.63, 3.8) is 0 Å². The van der Waals surface area contributed by atoms with Crippen molar-refractivity contribution >= 4 is 11.9 Å². The van der Waals surface area contributed by atoms with Gasteiger partial charge in [-0.25, -0.2) is 0 Å². The molecule has 2 aromatic carbocycles. The molecule has 0 fully saturated rings. The molecule has 0 saturated carbocycles. The molecule has 0 saturated heterocycles. The van der Waals surface area contributed by atoms with Crippen LogP contribution in [0.15, 0.2) is 48.5 Å². The summed E-state index contributed by atoms with van der Waals surface area (Å²) in [4.78, 5) is 22.7. The van der Waals surface area contributed by atoms with Crippen molar-refractivity contribution in [3.05, 3.63) is 59.7 Å². The van der Waals surface area contributed by atoms with E-state index < -0.39 is 5.97 Å². The summed E-state index contributed by atoms with van der Waals surface area (Å²) >= 11 is 0. The number of methoxy groups -OCH3 is 1. The SMILES string of the molecule is COc1ccccc1[C@H](C)NC(=O)COc1ccc(CC(=O)O)cc1. The van der Waals surface area contributed by atoms with Gasteiger partial charge in [0, 0.05) is 5.56 Å². The van der Waals surface area contributed by atoms with Gasteiger partial charge in [-0.1, -0.05) is 30.3 Å². The zero-order valence-electron chi connectivity index (χ0n) is 14.2. The number of nitrogens with one attached hydrogen (secondary N) is 1. The van der Waals surface area contributed by atoms with Gasteiger partial charge in [0.05, 0.1) is 19.6 Å². The zero-order valence-corrected chi connectivity index (χ0v) is 14.2. The van der Waals surface area contributed by atoms with Gasteiger partial charge >= 0.3 is 5.97 Å². The number of carboxylic acids is 1. The molecule has 6 heteroatoms. The molecule has 2 N–H and O–H groups in total. The first-order valence-electron chi connectivity index (χ1n) is 7.85. The maximum atomic E-state index is 12.1. The molecule has 0 radical (unpaired) electrons. The Hall–Kier alpha value is -3.02. The van der Waals surface area contributed by atoms with Crippen LogP contribution in [0, 0.1) is 0 Å². The van der Waals surface area contributed by atoms with E-state index in [4.69, 9.17) is 14.6 Å². The summed E-state index contributed by atoms with van der Waals surface area (Å²) in [5.41, 5.74) is 1.56. The quantitative estimate of drug-likeness (QED) is 0.769. The Kier molecular flexibility index (Phi) is 6.39. The highest BCUT2D eigenvalue weighted by Gasteiger charge is 2.14. The fourth-order valence-electron chi connectivity index (χ4n) is 2.41.